The van der Waals surface area contributed by atoms with Gasteiger partial charge in [0.15, 0.2) is 5.96 Å². The van der Waals surface area contributed by atoms with Gasteiger partial charge in [0.1, 0.15) is 0 Å². The molecule has 1 unspecified atom stereocenters. The number of rotatable bonds is 8. The van der Waals surface area contributed by atoms with E-state index in [1.54, 1.807) is 7.05 Å². The molecule has 0 radical (unpaired) electrons. The van der Waals surface area contributed by atoms with Crippen LogP contribution in [-0.4, -0.2) is 56.9 Å². The predicted molar refractivity (Wildman–Crippen MR) is 127 cm³/mol. The number of benzene rings is 1. The van der Waals surface area contributed by atoms with Gasteiger partial charge in [0.25, 0.3) is 5.91 Å². The van der Waals surface area contributed by atoms with Gasteiger partial charge in [-0.25, -0.2) is 0 Å². The third-order valence-corrected chi connectivity index (χ3v) is 4.22. The number of carbonyl (C=O) groups is 1. The van der Waals surface area contributed by atoms with E-state index in [2.05, 4.69) is 20.9 Å². The maximum absolute atomic E-state index is 12.3. The second-order valence-corrected chi connectivity index (χ2v) is 7.97. The van der Waals surface area contributed by atoms with E-state index >= 15 is 0 Å². The Kier molecular flexibility index (Phi) is 11.5. The average molecular weight is 518 g/mol. The van der Waals surface area contributed by atoms with Crippen molar-refractivity contribution in [1.29, 1.82) is 0 Å². The predicted octanol–water partition coefficient (Wildman–Crippen LogP) is 2.69. The first-order chi connectivity index (χ1) is 13.4. The molecule has 0 bridgehead atoms. The molecule has 1 heterocycles. The van der Waals surface area contributed by atoms with Crippen LogP contribution in [0.2, 0.25) is 0 Å². The summed E-state index contributed by atoms with van der Waals surface area (Å²) in [6.07, 6.45) is 2.14. The second-order valence-electron chi connectivity index (χ2n) is 7.97. The van der Waals surface area contributed by atoms with E-state index in [0.717, 1.165) is 37.5 Å². The van der Waals surface area contributed by atoms with Crippen molar-refractivity contribution in [3.05, 3.63) is 35.4 Å². The molecule has 0 saturated carbocycles. The van der Waals surface area contributed by atoms with Gasteiger partial charge < -0.3 is 25.4 Å². The highest BCUT2D eigenvalue weighted by atomic mass is 127. The molecule has 1 aliphatic heterocycles. The fourth-order valence-electron chi connectivity index (χ4n) is 2.81. The van der Waals surface area contributed by atoms with Crippen molar-refractivity contribution in [2.45, 2.75) is 51.8 Å². The second kappa shape index (κ2) is 13.0. The van der Waals surface area contributed by atoms with Gasteiger partial charge in [0.05, 0.1) is 12.7 Å². The Labute approximate surface area is 191 Å². The SMILES string of the molecule is CN=C(NCCCOC1CCOC1)NCc1cccc(C(=O)NC(C)(C)C)c1.I. The van der Waals surface area contributed by atoms with Gasteiger partial charge in [-0.2, -0.15) is 0 Å². The lowest BCUT2D eigenvalue weighted by Crippen LogP contribution is -2.40. The van der Waals surface area contributed by atoms with E-state index < -0.39 is 0 Å². The third kappa shape index (κ3) is 10.3. The first-order valence-corrected chi connectivity index (χ1v) is 9.93. The molecule has 1 aromatic rings. The van der Waals surface area contributed by atoms with E-state index in [4.69, 9.17) is 9.47 Å². The number of nitrogens with one attached hydrogen (secondary N) is 3. The largest absolute Gasteiger partial charge is 0.379 e. The van der Waals surface area contributed by atoms with Gasteiger partial charge in [-0.1, -0.05) is 12.1 Å². The first kappa shape index (κ1) is 25.6. The highest BCUT2D eigenvalue weighted by molar-refractivity contribution is 14.0. The van der Waals surface area contributed by atoms with E-state index in [0.29, 0.717) is 25.3 Å². The molecular weight excluding hydrogens is 483 g/mol. The number of nitrogens with zero attached hydrogens (tertiary/aromatic N) is 1. The van der Waals surface area contributed by atoms with Gasteiger partial charge in [0.2, 0.25) is 0 Å². The molecule has 29 heavy (non-hydrogen) atoms. The van der Waals surface area contributed by atoms with Crippen LogP contribution in [0, 0.1) is 0 Å². The lowest BCUT2D eigenvalue weighted by molar-refractivity contribution is 0.0420. The summed E-state index contributed by atoms with van der Waals surface area (Å²) in [5, 5.41) is 9.54. The Morgan fingerprint density at radius 1 is 1.31 bits per heavy atom. The summed E-state index contributed by atoms with van der Waals surface area (Å²) in [4.78, 5) is 16.6. The number of aliphatic imine (C=N–C) groups is 1. The molecule has 0 aliphatic carbocycles. The van der Waals surface area contributed by atoms with Crippen molar-refractivity contribution in [3.63, 3.8) is 0 Å². The van der Waals surface area contributed by atoms with Crippen LogP contribution in [0.3, 0.4) is 0 Å². The minimum Gasteiger partial charge on any atom is -0.379 e. The Hall–Kier alpha value is -1.39. The molecule has 1 aromatic carbocycles. The van der Waals surface area contributed by atoms with Crippen LogP contribution in [-0.2, 0) is 16.0 Å². The van der Waals surface area contributed by atoms with Gasteiger partial charge in [-0.05, 0) is 51.3 Å². The average Bonchev–Trinajstić information content (AvgIpc) is 3.16. The van der Waals surface area contributed by atoms with E-state index in [1.807, 2.05) is 45.0 Å². The highest BCUT2D eigenvalue weighted by Crippen LogP contribution is 2.09. The summed E-state index contributed by atoms with van der Waals surface area (Å²) >= 11 is 0. The van der Waals surface area contributed by atoms with Crippen molar-refractivity contribution < 1.29 is 14.3 Å². The maximum atomic E-state index is 12.3. The van der Waals surface area contributed by atoms with Crippen molar-refractivity contribution in [2.75, 3.05) is 33.4 Å². The van der Waals surface area contributed by atoms with Crippen molar-refractivity contribution in [3.8, 4) is 0 Å². The molecule has 1 aliphatic rings. The van der Waals surface area contributed by atoms with Crippen LogP contribution >= 0.6 is 24.0 Å². The number of ether oxygens (including phenoxy) is 2. The van der Waals surface area contributed by atoms with Gasteiger partial charge in [-0.15, -0.1) is 24.0 Å². The Morgan fingerprint density at radius 2 is 2.10 bits per heavy atom. The minimum absolute atomic E-state index is 0. The van der Waals surface area contributed by atoms with E-state index in [-0.39, 0.29) is 41.5 Å². The Balaban J connectivity index is 0.00000420. The molecular formula is C21H35IN4O3. The van der Waals surface area contributed by atoms with Crippen LogP contribution in [0.5, 0.6) is 0 Å². The molecule has 2 rings (SSSR count). The number of hydrogen-bond donors (Lipinski definition) is 3. The van der Waals surface area contributed by atoms with Gasteiger partial charge in [0, 0.05) is 44.5 Å². The standard InChI is InChI=1S/C21H34N4O3.HI/c1-21(2,3)25-19(26)17-8-5-7-16(13-17)14-24-20(22-4)23-10-6-11-28-18-9-12-27-15-18;/h5,7-8,13,18H,6,9-12,14-15H2,1-4H3,(H,25,26)(H2,22,23,24);1H. The zero-order valence-electron chi connectivity index (χ0n) is 17.9. The van der Waals surface area contributed by atoms with Crippen LogP contribution in [0.15, 0.2) is 29.3 Å². The number of guanidine groups is 1. The zero-order valence-corrected chi connectivity index (χ0v) is 20.2. The van der Waals surface area contributed by atoms with Crippen LogP contribution in [0.4, 0.5) is 0 Å². The lowest BCUT2D eigenvalue weighted by atomic mass is 10.1. The summed E-state index contributed by atoms with van der Waals surface area (Å²) in [6, 6.07) is 7.62. The zero-order chi connectivity index (χ0) is 20.4. The number of carbonyl (C=O) groups excluding carboxylic acids is 1. The first-order valence-electron chi connectivity index (χ1n) is 9.93. The summed E-state index contributed by atoms with van der Waals surface area (Å²) in [7, 11) is 1.74. The van der Waals surface area contributed by atoms with Crippen LogP contribution in [0.25, 0.3) is 0 Å². The monoisotopic (exact) mass is 518 g/mol. The maximum Gasteiger partial charge on any atom is 0.251 e. The molecule has 0 spiro atoms. The number of halogens is 1. The van der Waals surface area contributed by atoms with Crippen molar-refractivity contribution in [2.24, 2.45) is 4.99 Å². The molecule has 1 fully saturated rings. The minimum atomic E-state index is -0.258. The highest BCUT2D eigenvalue weighted by Gasteiger charge is 2.16. The molecule has 1 atom stereocenters. The molecule has 164 valence electrons. The molecule has 1 saturated heterocycles. The summed E-state index contributed by atoms with van der Waals surface area (Å²) < 4.78 is 11.1. The quantitative estimate of drug-likeness (QED) is 0.213. The van der Waals surface area contributed by atoms with Gasteiger partial charge in [-0.3, -0.25) is 9.79 Å². The topological polar surface area (TPSA) is 84.0 Å². The smallest absolute Gasteiger partial charge is 0.251 e. The Bertz CT molecular complexity index is 656. The molecule has 1 amide bonds. The van der Waals surface area contributed by atoms with Crippen molar-refractivity contribution in [1.82, 2.24) is 16.0 Å². The molecule has 8 heteroatoms. The molecule has 0 aromatic heterocycles. The third-order valence-electron chi connectivity index (χ3n) is 4.22. The van der Waals surface area contributed by atoms with Gasteiger partial charge >= 0.3 is 0 Å². The molecule has 7 nitrogen and oxygen atoms in total. The summed E-state index contributed by atoms with van der Waals surface area (Å²) in [5.41, 5.74) is 1.42. The van der Waals surface area contributed by atoms with Crippen LogP contribution in [0.1, 0.15) is 49.5 Å². The lowest BCUT2D eigenvalue weighted by Gasteiger charge is -2.20. The number of amides is 1. The van der Waals surface area contributed by atoms with E-state index in [1.165, 1.54) is 0 Å². The summed E-state index contributed by atoms with van der Waals surface area (Å²) in [6.45, 7) is 9.51. The van der Waals surface area contributed by atoms with Crippen LogP contribution < -0.4 is 16.0 Å². The fraction of sp³-hybridized carbons (Fsp3) is 0.619. The fourth-order valence-corrected chi connectivity index (χ4v) is 2.81. The normalized spacial score (nSPS) is 16.8. The summed E-state index contributed by atoms with van der Waals surface area (Å²) in [5.74, 6) is 0.665. The van der Waals surface area contributed by atoms with E-state index in [9.17, 15) is 4.79 Å². The molecule has 3 N–H and O–H groups in total. The Morgan fingerprint density at radius 3 is 2.76 bits per heavy atom. The van der Waals surface area contributed by atoms with Crippen molar-refractivity contribution >= 4 is 35.8 Å². The number of hydrogen-bond acceptors (Lipinski definition) is 4.